The highest BCUT2D eigenvalue weighted by Crippen LogP contribution is 2.48. The second kappa shape index (κ2) is 11.7. The van der Waals surface area contributed by atoms with E-state index in [9.17, 15) is 21.6 Å². The zero-order valence-electron chi connectivity index (χ0n) is 24.4. The fourth-order valence-corrected chi connectivity index (χ4v) is 9.96. The molecule has 0 N–H and O–H groups in total. The van der Waals surface area contributed by atoms with Gasteiger partial charge in [-0.3, -0.25) is 4.79 Å². The maximum absolute atomic E-state index is 15.4. The van der Waals surface area contributed by atoms with Crippen LogP contribution in [-0.4, -0.2) is 43.8 Å². The zero-order chi connectivity index (χ0) is 31.2. The van der Waals surface area contributed by atoms with Crippen LogP contribution in [0.5, 0.6) is 0 Å². The van der Waals surface area contributed by atoms with E-state index in [-0.39, 0.29) is 40.5 Å². The molecule has 2 fully saturated rings. The van der Waals surface area contributed by atoms with Crippen LogP contribution in [0.3, 0.4) is 0 Å². The van der Waals surface area contributed by atoms with Crippen LogP contribution in [0.4, 0.5) is 4.39 Å². The highest BCUT2D eigenvalue weighted by molar-refractivity contribution is 7.89. The van der Waals surface area contributed by atoms with Crippen molar-refractivity contribution >= 4 is 25.8 Å². The molecule has 0 amide bonds. The van der Waals surface area contributed by atoms with E-state index in [1.54, 1.807) is 66.7 Å². The number of hydrogen-bond donors (Lipinski definition) is 0. The third-order valence-corrected chi connectivity index (χ3v) is 12.6. The predicted molar refractivity (Wildman–Crippen MR) is 165 cm³/mol. The topological polar surface area (TPSA) is 91.8 Å². The van der Waals surface area contributed by atoms with Gasteiger partial charge in [-0.05, 0) is 56.2 Å². The third kappa shape index (κ3) is 5.40. The highest BCUT2D eigenvalue weighted by Gasteiger charge is 2.54. The Morgan fingerprint density at radius 1 is 0.682 bits per heavy atom. The van der Waals surface area contributed by atoms with Crippen LogP contribution in [0, 0.1) is 25.6 Å². The maximum Gasteiger partial charge on any atom is 0.243 e. The standard InChI is InChI=1S/C34H33FN2O5S2/c1-23-12-16-26(17-13-23)43(39,40)36-22-29-33(20-32(36)28-10-6-7-11-30(28)35)37(44(41,42)27-18-14-24(2)15-19-27)31(21-34(29)38)25-8-4-3-5-9-25/h3-19,29,31-33H,20-22H2,1-2H3/t29-,31+,32+,33+/m1/s1. The lowest BCUT2D eigenvalue weighted by atomic mass is 9.77. The fraction of sp³-hybridized carbons (Fsp3) is 0.265. The normalized spacial score (nSPS) is 23.3. The van der Waals surface area contributed by atoms with Crippen molar-refractivity contribution in [2.45, 2.75) is 54.6 Å². The van der Waals surface area contributed by atoms with Gasteiger partial charge >= 0.3 is 0 Å². The average molecular weight is 633 g/mol. The Morgan fingerprint density at radius 3 is 1.82 bits per heavy atom. The molecule has 0 saturated carbocycles. The van der Waals surface area contributed by atoms with Gasteiger partial charge in [0.05, 0.1) is 21.9 Å². The van der Waals surface area contributed by atoms with Gasteiger partial charge in [0.2, 0.25) is 20.0 Å². The quantitative estimate of drug-likeness (QED) is 0.261. The van der Waals surface area contributed by atoms with Crippen molar-refractivity contribution < 1.29 is 26.0 Å². The minimum absolute atomic E-state index is 0.0254. The number of carbonyl (C=O) groups is 1. The van der Waals surface area contributed by atoms with E-state index in [0.29, 0.717) is 5.56 Å². The molecule has 2 aliphatic rings. The van der Waals surface area contributed by atoms with Crippen molar-refractivity contribution in [1.29, 1.82) is 0 Å². The maximum atomic E-state index is 15.4. The molecule has 2 saturated heterocycles. The van der Waals surface area contributed by atoms with Gasteiger partial charge in [0.1, 0.15) is 11.6 Å². The number of rotatable bonds is 6. The van der Waals surface area contributed by atoms with Crippen LogP contribution in [0.25, 0.3) is 0 Å². The van der Waals surface area contributed by atoms with E-state index in [1.165, 1.54) is 38.9 Å². The molecule has 4 aromatic carbocycles. The summed E-state index contributed by atoms with van der Waals surface area (Å²) in [6, 6.07) is 25.0. The molecular formula is C34H33FN2O5S2. The van der Waals surface area contributed by atoms with Crippen LogP contribution in [0.2, 0.25) is 0 Å². The number of fused-ring (bicyclic) bond motifs is 1. The first kappa shape index (κ1) is 30.3. The van der Waals surface area contributed by atoms with Gasteiger partial charge in [-0.15, -0.1) is 0 Å². The Balaban J connectivity index is 1.52. The third-order valence-electron chi connectivity index (χ3n) is 8.77. The minimum Gasteiger partial charge on any atom is -0.299 e. The summed E-state index contributed by atoms with van der Waals surface area (Å²) in [5, 5.41) is 0. The molecule has 0 aliphatic carbocycles. The number of benzene rings is 4. The lowest BCUT2D eigenvalue weighted by Crippen LogP contribution is -2.61. The molecule has 4 aromatic rings. The van der Waals surface area contributed by atoms with E-state index in [4.69, 9.17) is 0 Å². The predicted octanol–water partition coefficient (Wildman–Crippen LogP) is 5.97. The second-order valence-corrected chi connectivity index (χ2v) is 15.3. The van der Waals surface area contributed by atoms with Crippen LogP contribution in [0.15, 0.2) is 113 Å². The largest absolute Gasteiger partial charge is 0.299 e. The first-order chi connectivity index (χ1) is 21.0. The van der Waals surface area contributed by atoms with E-state index in [0.717, 1.165) is 11.1 Å². The van der Waals surface area contributed by atoms with Crippen LogP contribution < -0.4 is 0 Å². The number of nitrogens with zero attached hydrogens (tertiary/aromatic N) is 2. The molecular weight excluding hydrogens is 600 g/mol. The SMILES string of the molecule is Cc1ccc(S(=O)(=O)N2C[C@H]3C(=O)C[C@@H](c4ccccc4)N(S(=O)(=O)c4ccc(C)cc4)[C@H]3C[C@H]2c2ccccc2F)cc1. The smallest absolute Gasteiger partial charge is 0.243 e. The Morgan fingerprint density at radius 2 is 1.23 bits per heavy atom. The Hall–Kier alpha value is -3.70. The number of piperidine rings is 2. The van der Waals surface area contributed by atoms with E-state index in [1.807, 2.05) is 19.9 Å². The van der Waals surface area contributed by atoms with Gasteiger partial charge in [-0.25, -0.2) is 21.2 Å². The van der Waals surface area contributed by atoms with Crippen molar-refractivity contribution in [2.24, 2.45) is 5.92 Å². The number of sulfonamides is 2. The summed E-state index contributed by atoms with van der Waals surface area (Å²) < 4.78 is 75.3. The van der Waals surface area contributed by atoms with Crippen LogP contribution >= 0.6 is 0 Å². The van der Waals surface area contributed by atoms with Crippen molar-refractivity contribution in [3.05, 3.63) is 131 Å². The van der Waals surface area contributed by atoms with Crippen LogP contribution in [0.1, 0.15) is 47.2 Å². The molecule has 7 nitrogen and oxygen atoms in total. The van der Waals surface area contributed by atoms with Gasteiger partial charge < -0.3 is 0 Å². The number of carbonyl (C=O) groups excluding carboxylic acids is 1. The molecule has 2 heterocycles. The summed E-state index contributed by atoms with van der Waals surface area (Å²) in [6.45, 7) is 3.43. The molecule has 4 atom stereocenters. The summed E-state index contributed by atoms with van der Waals surface area (Å²) in [5.74, 6) is -1.77. The van der Waals surface area contributed by atoms with Crippen molar-refractivity contribution in [3.8, 4) is 0 Å². The van der Waals surface area contributed by atoms with Gasteiger partial charge in [-0.2, -0.15) is 8.61 Å². The van der Waals surface area contributed by atoms with Gasteiger partial charge in [0.25, 0.3) is 0 Å². The molecule has 44 heavy (non-hydrogen) atoms. The highest BCUT2D eigenvalue weighted by atomic mass is 32.2. The molecule has 10 heteroatoms. The van der Waals surface area contributed by atoms with E-state index >= 15 is 4.39 Å². The molecule has 2 aliphatic heterocycles. The molecule has 0 aromatic heterocycles. The summed E-state index contributed by atoms with van der Waals surface area (Å²) in [5.41, 5.74) is 2.56. The van der Waals surface area contributed by atoms with Gasteiger partial charge in [0, 0.05) is 30.5 Å². The van der Waals surface area contributed by atoms with Gasteiger partial charge in [0.15, 0.2) is 0 Å². The lowest BCUT2D eigenvalue weighted by molar-refractivity contribution is -0.132. The monoisotopic (exact) mass is 632 g/mol. The molecule has 228 valence electrons. The number of aryl methyl sites for hydroxylation is 2. The van der Waals surface area contributed by atoms with E-state index < -0.39 is 49.9 Å². The Kier molecular flexibility index (Phi) is 8.04. The van der Waals surface area contributed by atoms with Crippen LogP contribution in [-0.2, 0) is 24.8 Å². The number of hydrogen-bond acceptors (Lipinski definition) is 5. The fourth-order valence-electron chi connectivity index (χ4n) is 6.47. The molecule has 0 unspecified atom stereocenters. The first-order valence-corrected chi connectivity index (χ1v) is 17.4. The first-order valence-electron chi connectivity index (χ1n) is 14.5. The van der Waals surface area contributed by atoms with Crippen molar-refractivity contribution in [2.75, 3.05) is 6.54 Å². The molecule has 0 spiro atoms. The number of ketones is 1. The second-order valence-electron chi connectivity index (χ2n) is 11.6. The molecule has 0 bridgehead atoms. The zero-order valence-corrected chi connectivity index (χ0v) is 26.0. The van der Waals surface area contributed by atoms with Crippen molar-refractivity contribution in [1.82, 2.24) is 8.61 Å². The minimum atomic E-state index is -4.20. The Bertz CT molecular complexity index is 1900. The summed E-state index contributed by atoms with van der Waals surface area (Å²) in [7, 11) is -8.37. The number of Topliss-reactive ketones (excluding diaryl/α,β-unsaturated/α-hetero) is 1. The summed E-state index contributed by atoms with van der Waals surface area (Å²) in [4.78, 5) is 14.0. The van der Waals surface area contributed by atoms with Crippen molar-refractivity contribution in [3.63, 3.8) is 0 Å². The van der Waals surface area contributed by atoms with E-state index in [2.05, 4.69) is 0 Å². The molecule has 0 radical (unpaired) electrons. The number of halogens is 1. The van der Waals surface area contributed by atoms with Gasteiger partial charge in [-0.1, -0.05) is 83.9 Å². The lowest BCUT2D eigenvalue weighted by Gasteiger charge is -2.51. The average Bonchev–Trinajstić information content (AvgIpc) is 3.01. The summed E-state index contributed by atoms with van der Waals surface area (Å²) >= 11 is 0. The Labute approximate surface area is 258 Å². The molecule has 6 rings (SSSR count). The summed E-state index contributed by atoms with van der Waals surface area (Å²) in [6.07, 6.45) is -0.212.